The summed E-state index contributed by atoms with van der Waals surface area (Å²) < 4.78 is 5.86. The maximum atomic E-state index is 11.8. The Hall–Kier alpha value is -0.570. The summed E-state index contributed by atoms with van der Waals surface area (Å²) >= 11 is 0. The van der Waals surface area contributed by atoms with Crippen molar-refractivity contribution in [3.05, 3.63) is 0 Å². The van der Waals surface area contributed by atoms with Gasteiger partial charge in [-0.25, -0.2) is 0 Å². The summed E-state index contributed by atoms with van der Waals surface area (Å²) in [4.78, 5) is 11.8. The van der Waals surface area contributed by atoms with Crippen molar-refractivity contribution in [1.29, 1.82) is 0 Å². The molecule has 0 spiro atoms. The molecule has 0 aliphatic rings. The Morgan fingerprint density at radius 2 is 0.692 bits per heavy atom. The predicted molar refractivity (Wildman–Crippen MR) is 173 cm³/mol. The molecule has 0 aliphatic carbocycles. The van der Waals surface area contributed by atoms with Crippen LogP contribution in [0.2, 0.25) is 0 Å². The molecule has 0 aromatic rings. The highest BCUT2D eigenvalue weighted by molar-refractivity contribution is 5.78. The lowest BCUT2D eigenvalue weighted by atomic mass is 10.0. The van der Waals surface area contributed by atoms with Gasteiger partial charge < -0.3 is 10.5 Å². The molecule has 1 unspecified atom stereocenters. The highest BCUT2D eigenvalue weighted by atomic mass is 16.5. The van der Waals surface area contributed by atoms with Gasteiger partial charge in [0.1, 0.15) is 6.10 Å². The second kappa shape index (κ2) is 33.6. The average molecular weight is 552 g/mol. The standard InChI is InChI=1S/C36H73NO2/c1-3-5-7-9-11-13-15-17-19-20-22-24-26-28-30-32-34-39-35(36(37)38)33-31-29-27-25-23-21-18-16-14-12-10-8-6-4-2/h35H,3-34H2,1-2H3,(H2,37,38). The van der Waals surface area contributed by atoms with Gasteiger partial charge >= 0.3 is 0 Å². The van der Waals surface area contributed by atoms with Gasteiger partial charge in [0.15, 0.2) is 0 Å². The molecule has 0 aromatic carbocycles. The van der Waals surface area contributed by atoms with Gasteiger partial charge in [0.25, 0.3) is 0 Å². The number of primary amides is 1. The monoisotopic (exact) mass is 552 g/mol. The highest BCUT2D eigenvalue weighted by Gasteiger charge is 2.14. The summed E-state index contributed by atoms with van der Waals surface area (Å²) in [5.74, 6) is -0.277. The Morgan fingerprint density at radius 3 is 0.974 bits per heavy atom. The number of carbonyl (C=O) groups excluding carboxylic acids is 1. The van der Waals surface area contributed by atoms with Gasteiger partial charge in [0, 0.05) is 6.61 Å². The summed E-state index contributed by atoms with van der Waals surface area (Å²) in [6.45, 7) is 5.26. The minimum atomic E-state index is -0.376. The number of nitrogens with two attached hydrogens (primary N) is 1. The highest BCUT2D eigenvalue weighted by Crippen LogP contribution is 2.16. The lowest BCUT2D eigenvalue weighted by Crippen LogP contribution is -2.31. The van der Waals surface area contributed by atoms with Crippen LogP contribution in [0.25, 0.3) is 0 Å². The van der Waals surface area contributed by atoms with Crippen molar-refractivity contribution in [2.45, 2.75) is 219 Å². The molecule has 0 saturated carbocycles. The molecule has 0 heterocycles. The zero-order valence-corrected chi connectivity index (χ0v) is 27.1. The quantitative estimate of drug-likeness (QED) is 0.0808. The van der Waals surface area contributed by atoms with Crippen molar-refractivity contribution in [2.75, 3.05) is 6.61 Å². The van der Waals surface area contributed by atoms with E-state index in [4.69, 9.17) is 10.5 Å². The van der Waals surface area contributed by atoms with Gasteiger partial charge in [-0.3, -0.25) is 4.79 Å². The Bertz CT molecular complexity index is 467. The van der Waals surface area contributed by atoms with Crippen molar-refractivity contribution < 1.29 is 9.53 Å². The summed E-state index contributed by atoms with van der Waals surface area (Å²) in [6.07, 6.45) is 41.3. The van der Waals surface area contributed by atoms with Gasteiger partial charge in [-0.15, -0.1) is 0 Å². The van der Waals surface area contributed by atoms with Crippen LogP contribution in [0.3, 0.4) is 0 Å². The molecule has 3 nitrogen and oxygen atoms in total. The lowest BCUT2D eigenvalue weighted by Gasteiger charge is -2.14. The number of rotatable bonds is 34. The summed E-state index contributed by atoms with van der Waals surface area (Å²) in [5.41, 5.74) is 5.60. The first-order chi connectivity index (χ1) is 19.2. The molecule has 39 heavy (non-hydrogen) atoms. The molecule has 1 atom stereocenters. The number of unbranched alkanes of at least 4 members (excludes halogenated alkanes) is 28. The second-order valence-electron chi connectivity index (χ2n) is 12.4. The fourth-order valence-electron chi connectivity index (χ4n) is 5.71. The van der Waals surface area contributed by atoms with Crippen LogP contribution in [0.4, 0.5) is 0 Å². The van der Waals surface area contributed by atoms with Crippen molar-refractivity contribution >= 4 is 5.91 Å². The predicted octanol–water partition coefficient (Wildman–Crippen LogP) is 12.0. The molecule has 0 radical (unpaired) electrons. The summed E-state index contributed by atoms with van der Waals surface area (Å²) in [6, 6.07) is 0. The molecule has 0 aromatic heterocycles. The first kappa shape index (κ1) is 38.4. The molecule has 234 valence electrons. The molecule has 0 aliphatic heterocycles. The smallest absolute Gasteiger partial charge is 0.246 e. The van der Waals surface area contributed by atoms with Crippen LogP contribution in [-0.2, 0) is 9.53 Å². The Labute approximate surface area is 246 Å². The first-order valence-corrected chi connectivity index (χ1v) is 18.1. The van der Waals surface area contributed by atoms with Crippen LogP contribution in [0.15, 0.2) is 0 Å². The molecular weight excluding hydrogens is 478 g/mol. The minimum absolute atomic E-state index is 0.277. The van der Waals surface area contributed by atoms with Crippen molar-refractivity contribution in [3.8, 4) is 0 Å². The minimum Gasteiger partial charge on any atom is -0.368 e. The Balaban J connectivity index is 3.37. The van der Waals surface area contributed by atoms with E-state index in [0.29, 0.717) is 6.61 Å². The number of hydrogen-bond donors (Lipinski definition) is 1. The fourth-order valence-corrected chi connectivity index (χ4v) is 5.71. The van der Waals surface area contributed by atoms with Crippen LogP contribution in [-0.4, -0.2) is 18.6 Å². The van der Waals surface area contributed by atoms with E-state index in [9.17, 15) is 4.79 Å². The van der Waals surface area contributed by atoms with E-state index in [2.05, 4.69) is 13.8 Å². The number of hydrogen-bond acceptors (Lipinski definition) is 2. The second-order valence-corrected chi connectivity index (χ2v) is 12.4. The SMILES string of the molecule is CCCCCCCCCCCCCCCCCCOC(CCCCCCCCCCCCCCCC)C(N)=O. The van der Waals surface area contributed by atoms with Crippen molar-refractivity contribution in [1.82, 2.24) is 0 Å². The van der Waals surface area contributed by atoms with E-state index in [0.717, 1.165) is 19.3 Å². The average Bonchev–Trinajstić information content (AvgIpc) is 2.93. The van der Waals surface area contributed by atoms with E-state index < -0.39 is 0 Å². The third-order valence-corrected chi connectivity index (χ3v) is 8.45. The zero-order valence-electron chi connectivity index (χ0n) is 27.1. The topological polar surface area (TPSA) is 52.3 Å². The van der Waals surface area contributed by atoms with E-state index in [1.165, 1.54) is 180 Å². The summed E-state index contributed by atoms with van der Waals surface area (Å²) in [7, 11) is 0. The van der Waals surface area contributed by atoms with Crippen LogP contribution in [0, 0.1) is 0 Å². The van der Waals surface area contributed by atoms with Gasteiger partial charge in [0.2, 0.25) is 5.91 Å². The molecule has 0 bridgehead atoms. The lowest BCUT2D eigenvalue weighted by molar-refractivity contribution is -0.130. The number of amides is 1. The normalized spacial score (nSPS) is 12.3. The third-order valence-electron chi connectivity index (χ3n) is 8.45. The van der Waals surface area contributed by atoms with E-state index >= 15 is 0 Å². The Morgan fingerprint density at radius 1 is 0.436 bits per heavy atom. The molecule has 0 fully saturated rings. The van der Waals surface area contributed by atoms with Crippen LogP contribution in [0.5, 0.6) is 0 Å². The molecule has 0 saturated heterocycles. The first-order valence-electron chi connectivity index (χ1n) is 18.1. The molecule has 1 amide bonds. The summed E-state index contributed by atoms with van der Waals surface area (Å²) in [5, 5.41) is 0. The van der Waals surface area contributed by atoms with Gasteiger partial charge in [0.05, 0.1) is 0 Å². The molecule has 0 rings (SSSR count). The van der Waals surface area contributed by atoms with Crippen molar-refractivity contribution in [3.63, 3.8) is 0 Å². The number of carbonyl (C=O) groups is 1. The van der Waals surface area contributed by atoms with Crippen LogP contribution >= 0.6 is 0 Å². The molecule has 2 N–H and O–H groups in total. The van der Waals surface area contributed by atoms with E-state index in [-0.39, 0.29) is 12.0 Å². The van der Waals surface area contributed by atoms with Gasteiger partial charge in [-0.1, -0.05) is 200 Å². The third kappa shape index (κ3) is 31.8. The zero-order chi connectivity index (χ0) is 28.5. The fraction of sp³-hybridized carbons (Fsp3) is 0.972. The maximum absolute atomic E-state index is 11.8. The molecule has 3 heteroatoms. The molecular formula is C36H73NO2. The number of ether oxygens (including phenoxy) is 1. The van der Waals surface area contributed by atoms with Crippen LogP contribution < -0.4 is 5.73 Å². The van der Waals surface area contributed by atoms with Gasteiger partial charge in [-0.05, 0) is 12.8 Å². The van der Waals surface area contributed by atoms with E-state index in [1.54, 1.807) is 0 Å². The maximum Gasteiger partial charge on any atom is 0.246 e. The van der Waals surface area contributed by atoms with E-state index in [1.807, 2.05) is 0 Å². The van der Waals surface area contributed by atoms with Gasteiger partial charge in [-0.2, -0.15) is 0 Å². The Kier molecular flexibility index (Phi) is 33.1. The largest absolute Gasteiger partial charge is 0.368 e. The van der Waals surface area contributed by atoms with Crippen molar-refractivity contribution in [2.24, 2.45) is 5.73 Å². The van der Waals surface area contributed by atoms with Crippen LogP contribution in [0.1, 0.15) is 213 Å².